The summed E-state index contributed by atoms with van der Waals surface area (Å²) in [7, 11) is -0.952. The van der Waals surface area contributed by atoms with E-state index in [1.54, 1.807) is 57.1 Å². The number of aliphatic hydroxyl groups is 2. The van der Waals surface area contributed by atoms with Crippen LogP contribution in [0.5, 0.6) is 0 Å². The molecule has 20 rings (SSSR count). The third kappa shape index (κ3) is 28.6. The van der Waals surface area contributed by atoms with Gasteiger partial charge in [0.1, 0.15) is 30.0 Å². The SMILES string of the molecule is Brc1ccc(NC2=NC(c3ccccn3)CC2)c(Br)c1.Brc1ccc2nc3n(c2c1)C(c1ccccn1)CC3.CC(C)(O)c1ncc(-c2ccc3nc4n(c3c2)C(c2ccccn2)CC4)cn1.CC1(C)OB(B2OC(C)(C)C(C)(C)O2)OC1(C)C.Nc1ccc(Br)cc1Br.O=C1CCC(=O)N1.O=C1CCC(c2ccccn2)N1.[Br-].[CH2+]C(C)(O)c1ncc(Br)cn1.[Mg+2].[c-]1ccccn1. The minimum Gasteiger partial charge on any atom is -1.00 e. The molecular weight excluding hydrogens is 2140 g/mol. The molecule has 5 atom stereocenters. The Morgan fingerprint density at radius 2 is 0.955 bits per heavy atom. The Morgan fingerprint density at radius 1 is 0.492 bits per heavy atom. The summed E-state index contributed by atoms with van der Waals surface area (Å²) in [5, 5.41) is 27.8. The van der Waals surface area contributed by atoms with Crippen LogP contribution in [-0.2, 0) is 57.0 Å². The van der Waals surface area contributed by atoms with Gasteiger partial charge in [-0.1, -0.05) is 90.5 Å². The third-order valence-electron chi connectivity index (χ3n) is 22.4. The Bertz CT molecular complexity index is 5920. The fourth-order valence-electron chi connectivity index (χ4n) is 14.3. The van der Waals surface area contributed by atoms with Gasteiger partial charge in [0.15, 0.2) is 5.82 Å². The molecule has 682 valence electrons. The molecule has 0 spiro atoms. The van der Waals surface area contributed by atoms with Gasteiger partial charge in [-0.25, -0.2) is 29.9 Å². The van der Waals surface area contributed by atoms with Crippen molar-refractivity contribution in [1.82, 2.24) is 74.6 Å². The zero-order valence-corrected chi connectivity index (χ0v) is 87.5. The van der Waals surface area contributed by atoms with E-state index in [1.165, 1.54) is 18.3 Å². The van der Waals surface area contributed by atoms with E-state index in [-0.39, 0.29) is 98.3 Å². The number of nitrogens with two attached hydrogens (primary N) is 1. The molecule has 7 aliphatic rings. The zero-order valence-electron chi connectivity index (χ0n) is 75.0. The van der Waals surface area contributed by atoms with Crippen LogP contribution in [0.15, 0.2) is 251 Å². The fourth-order valence-corrected chi connectivity index (χ4v) is 17.0. The minimum absolute atomic E-state index is 0. The van der Waals surface area contributed by atoms with Gasteiger partial charge in [-0.2, -0.15) is 18.2 Å². The number of halogens is 7. The normalized spacial score (nSPS) is 18.6. The molecule has 4 aromatic carbocycles. The first kappa shape index (κ1) is 106. The van der Waals surface area contributed by atoms with Crippen LogP contribution in [-0.4, -0.2) is 157 Å². The molecule has 0 bridgehead atoms. The van der Waals surface area contributed by atoms with Crippen LogP contribution in [0, 0.1) is 13.1 Å². The molecule has 4 saturated heterocycles. The Hall–Kier alpha value is -8.50. The van der Waals surface area contributed by atoms with Gasteiger partial charge in [0.2, 0.25) is 23.5 Å². The van der Waals surface area contributed by atoms with E-state index in [9.17, 15) is 24.6 Å². The number of aryl methyl sites for hydroxylation is 2. The summed E-state index contributed by atoms with van der Waals surface area (Å²) in [6.07, 6.45) is 26.6. The maximum Gasteiger partial charge on any atom is 2.00 e. The summed E-state index contributed by atoms with van der Waals surface area (Å²) in [4.78, 5) is 83.1. The molecule has 37 heteroatoms. The van der Waals surface area contributed by atoms with Crippen molar-refractivity contribution in [3.8, 4) is 11.1 Å². The number of imidazole rings is 2. The summed E-state index contributed by atoms with van der Waals surface area (Å²) in [6.45, 7) is 24.6. The number of amidine groups is 1. The maximum absolute atomic E-state index is 10.9. The average molecular weight is 2250 g/mol. The molecule has 27 nitrogen and oxygen atoms in total. The second-order valence-corrected chi connectivity index (χ2v) is 39.4. The van der Waals surface area contributed by atoms with Crippen molar-refractivity contribution in [3.63, 3.8) is 0 Å². The molecular formula is C95H102B2Br7MgN18O9+. The number of benzene rings is 4. The molecule has 13 aromatic rings. The number of fused-ring (bicyclic) bond motifs is 6. The number of aliphatic imine (C=N–C) groups is 1. The molecule has 5 unspecified atom stereocenters. The van der Waals surface area contributed by atoms with Gasteiger partial charge in [0, 0.05) is 129 Å². The maximum atomic E-state index is 10.9. The summed E-state index contributed by atoms with van der Waals surface area (Å²) in [5.74, 6) is 3.86. The largest absolute Gasteiger partial charge is 2.00 e. The second kappa shape index (κ2) is 47.3. The number of hydrogen-bond acceptors (Lipinski definition) is 23. The van der Waals surface area contributed by atoms with Crippen LogP contribution in [0.4, 0.5) is 11.4 Å². The Balaban J connectivity index is 0.000000159. The topological polar surface area (TPSA) is 355 Å². The van der Waals surface area contributed by atoms with Crippen molar-refractivity contribution in [2.75, 3.05) is 11.1 Å². The molecule has 3 amide bonds. The number of nitrogen functional groups attached to an aromatic ring is 1. The first-order valence-corrected chi connectivity index (χ1v) is 47.1. The first-order chi connectivity index (χ1) is 61.8. The molecule has 7 N–H and O–H groups in total. The Labute approximate surface area is 847 Å². The molecule has 0 saturated carbocycles. The number of anilines is 2. The van der Waals surface area contributed by atoms with Crippen molar-refractivity contribution < 1.29 is 60.2 Å². The van der Waals surface area contributed by atoms with Crippen LogP contribution < -0.4 is 38.7 Å². The zero-order chi connectivity index (χ0) is 93.3. The van der Waals surface area contributed by atoms with Crippen molar-refractivity contribution in [1.29, 1.82) is 0 Å². The van der Waals surface area contributed by atoms with Gasteiger partial charge in [-0.15, -0.1) is 0 Å². The van der Waals surface area contributed by atoms with Crippen LogP contribution in [0.2, 0.25) is 0 Å². The molecule has 0 radical (unpaired) electrons. The number of rotatable bonds is 9. The summed E-state index contributed by atoms with van der Waals surface area (Å²) in [5.41, 5.74) is 14.1. The van der Waals surface area contributed by atoms with Crippen molar-refractivity contribution in [2.24, 2.45) is 4.99 Å². The van der Waals surface area contributed by atoms with Crippen molar-refractivity contribution >= 4 is 190 Å². The van der Waals surface area contributed by atoms with Crippen LogP contribution >= 0.6 is 95.6 Å². The number of nitrogens with one attached hydrogen (secondary N) is 3. The fraction of sp³-hybridized carbons (Fsp3) is 0.326. The molecule has 7 aliphatic heterocycles. The number of amides is 3. The van der Waals surface area contributed by atoms with E-state index in [0.717, 1.165) is 145 Å². The summed E-state index contributed by atoms with van der Waals surface area (Å²) in [6, 6.07) is 54.5. The quantitative estimate of drug-likeness (QED) is 0.0338. The van der Waals surface area contributed by atoms with E-state index >= 15 is 0 Å². The minimum atomic E-state index is -1.21. The van der Waals surface area contributed by atoms with Gasteiger partial charge in [0.25, 0.3) is 5.60 Å². The number of pyridine rings is 5. The second-order valence-electron chi connectivity index (χ2n) is 34.0. The smallest absolute Gasteiger partial charge is 1.00 e. The van der Waals surface area contributed by atoms with Gasteiger partial charge in [0.05, 0.1) is 102 Å². The first-order valence-electron chi connectivity index (χ1n) is 42.3. The molecule has 0 aliphatic carbocycles. The van der Waals surface area contributed by atoms with Crippen LogP contribution in [0.25, 0.3) is 33.2 Å². The number of imide groups is 1. The Kier molecular flexibility index (Phi) is 37.8. The van der Waals surface area contributed by atoms with Crippen LogP contribution in [0.3, 0.4) is 0 Å². The predicted molar refractivity (Wildman–Crippen MR) is 533 cm³/mol. The number of carbonyl (C=O) groups is 3. The van der Waals surface area contributed by atoms with Gasteiger partial charge < -0.3 is 76.3 Å². The van der Waals surface area contributed by atoms with Crippen molar-refractivity contribution in [2.45, 2.75) is 198 Å². The predicted octanol–water partition coefficient (Wildman–Crippen LogP) is 16.6. The number of nitrogens with zero attached hydrogens (tertiary/aromatic N) is 14. The molecule has 16 heterocycles. The third-order valence-corrected chi connectivity index (χ3v) is 25.7. The van der Waals surface area contributed by atoms with E-state index in [0.29, 0.717) is 37.0 Å². The standard InChI is InChI=1S/C22H21N5O.C15H13Br2N3.C15H12BrN3.C12H24B2O4.C9H10N2O.C7H8BrN2O.C6H5Br2N.C5H4N.C4H5NO2.BrH.Mg/c1-22(2,28)21-24-12-15(13-25-21)14-6-7-17-19(11-14)27-18(8-9-20(27)26-17)16-5-3-4-10-23-16;16-10-4-5-12(11(17)9-10)19-15-7-6-14(20-15)13-3-1-2-8-18-13;16-10-4-5-12-14(9-10)19-13(6-7-15(19)18-12)11-3-1-2-8-17-11;1-9(2)10(3,4)16-13(15-9)14-17-11(5,6)12(7,8)18-14;12-9-5-4-8(11-9)7-3-1-2-6-10-7;1-7(2,11)6-9-3-5(8)4-10-6;7-4-1-2-6(9)5(8)3-4;1-2-4-6-5-3-1;6-3-1-2-4(7)5-3;;/h3-7,10-13,18,28H,8-9H2,1-2H3;1-5,8-9,14H,6-7H2,(H,19,20);1-5,8-9,13H,6-7H2;1-8H3;1-3,6,8H,4-5H2,(H,11,12);3-4,11H,1H2,2H3;1-3H,9H2;1-4H;1-2H2,(H,5,6,7);1H;/q;;;;;+1;;-1;;;+2/p-1. The van der Waals surface area contributed by atoms with Gasteiger partial charge >= 0.3 is 37.1 Å². The summed E-state index contributed by atoms with van der Waals surface area (Å²) >= 11 is 20.3. The number of carbonyl (C=O) groups excluding carboxylic acids is 3. The number of hydrogen-bond donors (Lipinski definition) is 6. The van der Waals surface area contributed by atoms with E-state index in [2.05, 4.69) is 221 Å². The van der Waals surface area contributed by atoms with E-state index < -0.39 is 25.2 Å². The van der Waals surface area contributed by atoms with Crippen molar-refractivity contribution in [3.05, 3.63) is 306 Å². The molecule has 132 heavy (non-hydrogen) atoms. The molecule has 9 aromatic heterocycles. The average Bonchev–Trinajstić information content (AvgIpc) is 1.60. The van der Waals surface area contributed by atoms with E-state index in [1.807, 2.05) is 189 Å². The summed E-state index contributed by atoms with van der Waals surface area (Å²) < 4.78 is 34.4. The van der Waals surface area contributed by atoms with Gasteiger partial charge in [-0.3, -0.25) is 44.6 Å². The monoisotopic (exact) mass is 2240 g/mol. The van der Waals surface area contributed by atoms with E-state index in [4.69, 9.17) is 39.3 Å². The van der Waals surface area contributed by atoms with Crippen LogP contribution in [0.1, 0.15) is 198 Å². The van der Waals surface area contributed by atoms with Gasteiger partial charge in [-0.05, 0) is 264 Å². The molecule has 4 fully saturated rings. The number of aromatic nitrogens is 13. The Morgan fingerprint density at radius 3 is 1.37 bits per heavy atom.